The number of primary amides is 1. The molecule has 0 radical (unpaired) electrons. The first kappa shape index (κ1) is 14.5. The fourth-order valence-electron chi connectivity index (χ4n) is 2.69. The predicted molar refractivity (Wildman–Crippen MR) is 76.7 cm³/mol. The standard InChI is InChI=1S/C15H21N3O2/c1-15(7-3-6-12(15)16)14(20)18-9-10-4-2-5-11(8-10)13(17)19/h2,4-5,8,12H,3,6-7,9,16H2,1H3,(H2,17,19)(H,18,20). The zero-order valence-corrected chi connectivity index (χ0v) is 11.7. The van der Waals surface area contributed by atoms with Gasteiger partial charge >= 0.3 is 0 Å². The number of benzene rings is 1. The first-order chi connectivity index (χ1) is 9.43. The van der Waals surface area contributed by atoms with Crippen molar-refractivity contribution >= 4 is 11.8 Å². The normalized spacial score (nSPS) is 25.4. The summed E-state index contributed by atoms with van der Waals surface area (Å²) in [5.41, 5.74) is 12.1. The van der Waals surface area contributed by atoms with Crippen LogP contribution < -0.4 is 16.8 Å². The van der Waals surface area contributed by atoms with Crippen LogP contribution in [-0.4, -0.2) is 17.9 Å². The number of carbonyl (C=O) groups is 2. The summed E-state index contributed by atoms with van der Waals surface area (Å²) in [7, 11) is 0. The molecule has 5 heteroatoms. The Labute approximate surface area is 118 Å². The van der Waals surface area contributed by atoms with Gasteiger partial charge in [0, 0.05) is 18.2 Å². The summed E-state index contributed by atoms with van der Waals surface area (Å²) in [6.45, 7) is 2.29. The third-order valence-electron chi connectivity index (χ3n) is 4.21. The molecule has 1 aliphatic rings. The van der Waals surface area contributed by atoms with E-state index in [0.717, 1.165) is 24.8 Å². The molecule has 5 N–H and O–H groups in total. The second-order valence-corrected chi connectivity index (χ2v) is 5.66. The molecule has 1 fully saturated rings. The molecular formula is C15H21N3O2. The average molecular weight is 275 g/mol. The fourth-order valence-corrected chi connectivity index (χ4v) is 2.69. The SMILES string of the molecule is CC1(C(=O)NCc2cccc(C(N)=O)c2)CCCC1N. The number of hydrogen-bond acceptors (Lipinski definition) is 3. The maximum Gasteiger partial charge on any atom is 0.248 e. The van der Waals surface area contributed by atoms with E-state index in [-0.39, 0.29) is 11.9 Å². The van der Waals surface area contributed by atoms with Crippen molar-refractivity contribution in [3.63, 3.8) is 0 Å². The smallest absolute Gasteiger partial charge is 0.248 e. The highest BCUT2D eigenvalue weighted by molar-refractivity contribution is 5.92. The van der Waals surface area contributed by atoms with Gasteiger partial charge in [0.05, 0.1) is 5.41 Å². The maximum atomic E-state index is 12.3. The third-order valence-corrected chi connectivity index (χ3v) is 4.21. The molecule has 5 nitrogen and oxygen atoms in total. The van der Waals surface area contributed by atoms with Gasteiger partial charge < -0.3 is 16.8 Å². The fraction of sp³-hybridized carbons (Fsp3) is 0.467. The van der Waals surface area contributed by atoms with Crippen molar-refractivity contribution in [1.29, 1.82) is 0 Å². The molecule has 0 aliphatic heterocycles. The van der Waals surface area contributed by atoms with Gasteiger partial charge in [-0.25, -0.2) is 0 Å². The van der Waals surface area contributed by atoms with Crippen LogP contribution in [0.5, 0.6) is 0 Å². The van der Waals surface area contributed by atoms with Gasteiger partial charge in [-0.2, -0.15) is 0 Å². The van der Waals surface area contributed by atoms with Crippen LogP contribution in [-0.2, 0) is 11.3 Å². The predicted octanol–water partition coefficient (Wildman–Crippen LogP) is 0.919. The maximum absolute atomic E-state index is 12.3. The quantitative estimate of drug-likeness (QED) is 0.762. The molecule has 2 rings (SSSR count). The highest BCUT2D eigenvalue weighted by Gasteiger charge is 2.42. The molecule has 1 aromatic rings. The van der Waals surface area contributed by atoms with Gasteiger partial charge in [0.25, 0.3) is 0 Å². The highest BCUT2D eigenvalue weighted by Crippen LogP contribution is 2.36. The molecule has 2 atom stereocenters. The van der Waals surface area contributed by atoms with Crippen molar-refractivity contribution in [3.8, 4) is 0 Å². The Morgan fingerprint density at radius 3 is 2.80 bits per heavy atom. The number of amides is 2. The molecule has 2 unspecified atom stereocenters. The van der Waals surface area contributed by atoms with E-state index >= 15 is 0 Å². The zero-order valence-electron chi connectivity index (χ0n) is 11.7. The van der Waals surface area contributed by atoms with Crippen molar-refractivity contribution in [3.05, 3.63) is 35.4 Å². The van der Waals surface area contributed by atoms with E-state index in [4.69, 9.17) is 11.5 Å². The first-order valence-corrected chi connectivity index (χ1v) is 6.86. The zero-order chi connectivity index (χ0) is 14.8. The van der Waals surface area contributed by atoms with Crippen LogP contribution in [0.15, 0.2) is 24.3 Å². The van der Waals surface area contributed by atoms with Crippen LogP contribution in [0.1, 0.15) is 42.1 Å². The largest absolute Gasteiger partial charge is 0.366 e. The Kier molecular flexibility index (Phi) is 4.09. The molecule has 1 saturated carbocycles. The van der Waals surface area contributed by atoms with Crippen LogP contribution in [0.2, 0.25) is 0 Å². The molecule has 0 saturated heterocycles. The van der Waals surface area contributed by atoms with Crippen LogP contribution in [0.4, 0.5) is 0 Å². The van der Waals surface area contributed by atoms with Crippen LogP contribution >= 0.6 is 0 Å². The van der Waals surface area contributed by atoms with E-state index in [1.165, 1.54) is 0 Å². The van der Waals surface area contributed by atoms with Crippen molar-refractivity contribution in [1.82, 2.24) is 5.32 Å². The van der Waals surface area contributed by atoms with Crippen molar-refractivity contribution in [2.24, 2.45) is 16.9 Å². The summed E-state index contributed by atoms with van der Waals surface area (Å²) in [5.74, 6) is -0.491. The van der Waals surface area contributed by atoms with E-state index in [1.807, 2.05) is 13.0 Å². The van der Waals surface area contributed by atoms with E-state index in [2.05, 4.69) is 5.32 Å². The molecule has 2 amide bonds. The lowest BCUT2D eigenvalue weighted by atomic mass is 9.84. The monoisotopic (exact) mass is 275 g/mol. The van der Waals surface area contributed by atoms with Gasteiger partial charge in [-0.1, -0.05) is 18.6 Å². The molecule has 0 heterocycles. The molecule has 108 valence electrons. The molecule has 0 aromatic heterocycles. The van der Waals surface area contributed by atoms with Crippen LogP contribution in [0.25, 0.3) is 0 Å². The van der Waals surface area contributed by atoms with Gasteiger partial charge in [0.15, 0.2) is 0 Å². The lowest BCUT2D eigenvalue weighted by Crippen LogP contribution is -2.47. The number of hydrogen-bond donors (Lipinski definition) is 3. The Morgan fingerprint density at radius 1 is 1.45 bits per heavy atom. The summed E-state index contributed by atoms with van der Waals surface area (Å²) in [5, 5.41) is 2.91. The summed E-state index contributed by atoms with van der Waals surface area (Å²) in [6, 6.07) is 6.87. The van der Waals surface area contributed by atoms with Crippen molar-refractivity contribution < 1.29 is 9.59 Å². The van der Waals surface area contributed by atoms with Gasteiger partial charge in [0.2, 0.25) is 11.8 Å². The first-order valence-electron chi connectivity index (χ1n) is 6.86. The topological polar surface area (TPSA) is 98.2 Å². The van der Waals surface area contributed by atoms with E-state index in [0.29, 0.717) is 12.1 Å². The second-order valence-electron chi connectivity index (χ2n) is 5.66. The van der Waals surface area contributed by atoms with Gasteiger partial charge in [-0.15, -0.1) is 0 Å². The average Bonchev–Trinajstić information content (AvgIpc) is 2.77. The van der Waals surface area contributed by atoms with Gasteiger partial charge in [0.1, 0.15) is 0 Å². The van der Waals surface area contributed by atoms with Crippen molar-refractivity contribution in [2.45, 2.75) is 38.8 Å². The number of carbonyl (C=O) groups excluding carboxylic acids is 2. The van der Waals surface area contributed by atoms with Crippen LogP contribution in [0, 0.1) is 5.41 Å². The van der Waals surface area contributed by atoms with Gasteiger partial charge in [-0.05, 0) is 37.5 Å². The number of nitrogens with one attached hydrogen (secondary N) is 1. The Morgan fingerprint density at radius 2 is 2.20 bits per heavy atom. The molecule has 20 heavy (non-hydrogen) atoms. The highest BCUT2D eigenvalue weighted by atomic mass is 16.2. The minimum atomic E-state index is -0.485. The Bertz CT molecular complexity index is 530. The minimum absolute atomic E-state index is 0.0213. The Balaban J connectivity index is 2.00. The van der Waals surface area contributed by atoms with E-state index in [9.17, 15) is 9.59 Å². The molecular weight excluding hydrogens is 254 g/mol. The lowest BCUT2D eigenvalue weighted by molar-refractivity contribution is -0.130. The van der Waals surface area contributed by atoms with Crippen molar-refractivity contribution in [2.75, 3.05) is 0 Å². The molecule has 1 aromatic carbocycles. The van der Waals surface area contributed by atoms with Gasteiger partial charge in [-0.3, -0.25) is 9.59 Å². The van der Waals surface area contributed by atoms with Crippen LogP contribution in [0.3, 0.4) is 0 Å². The second kappa shape index (κ2) is 5.63. The lowest BCUT2D eigenvalue weighted by Gasteiger charge is -2.27. The summed E-state index contributed by atoms with van der Waals surface area (Å²) in [4.78, 5) is 23.4. The summed E-state index contributed by atoms with van der Waals surface area (Å²) < 4.78 is 0. The molecule has 1 aliphatic carbocycles. The minimum Gasteiger partial charge on any atom is -0.366 e. The number of nitrogens with two attached hydrogens (primary N) is 2. The Hall–Kier alpha value is -1.88. The summed E-state index contributed by atoms with van der Waals surface area (Å²) >= 11 is 0. The van der Waals surface area contributed by atoms with E-state index < -0.39 is 11.3 Å². The molecule has 0 bridgehead atoms. The third kappa shape index (κ3) is 2.82. The molecule has 0 spiro atoms. The number of rotatable bonds is 4. The van der Waals surface area contributed by atoms with E-state index in [1.54, 1.807) is 18.2 Å². The summed E-state index contributed by atoms with van der Waals surface area (Å²) in [6.07, 6.45) is 2.70.